The molecule has 0 aliphatic carbocycles. The number of nitrogens with two attached hydrogens (primary N) is 1. The molecular weight excluding hydrogens is 268 g/mol. The lowest BCUT2D eigenvalue weighted by atomic mass is 10.2. The Kier molecular flexibility index (Phi) is 4.54. The molecule has 0 bridgehead atoms. The van der Waals surface area contributed by atoms with Crippen LogP contribution in [0.2, 0.25) is 0 Å². The van der Waals surface area contributed by atoms with E-state index in [0.29, 0.717) is 0 Å². The first-order valence-corrected chi connectivity index (χ1v) is 7.16. The van der Waals surface area contributed by atoms with E-state index in [0.717, 1.165) is 0 Å². The molecule has 0 fully saturated rings. The first kappa shape index (κ1) is 15.5. The highest BCUT2D eigenvalue weighted by atomic mass is 32.2. The van der Waals surface area contributed by atoms with Crippen LogP contribution >= 0.6 is 0 Å². The van der Waals surface area contributed by atoms with E-state index >= 15 is 0 Å². The van der Waals surface area contributed by atoms with E-state index in [1.165, 1.54) is 12.1 Å². The fourth-order valence-electron chi connectivity index (χ4n) is 1.33. The summed E-state index contributed by atoms with van der Waals surface area (Å²) in [6, 6.07) is 6.02. The molecule has 3 N–H and O–H groups in total. The number of anilines is 1. The lowest BCUT2D eigenvalue weighted by Gasteiger charge is -2.19. The van der Waals surface area contributed by atoms with E-state index in [4.69, 9.17) is 10.5 Å². The second-order valence-corrected chi connectivity index (χ2v) is 6.68. The Balaban J connectivity index is 2.72. The Morgan fingerprint density at radius 3 is 2.42 bits per heavy atom. The molecule has 106 valence electrons. The molecule has 0 atom stereocenters. The maximum atomic E-state index is 11.9. The van der Waals surface area contributed by atoms with Crippen molar-refractivity contribution in [1.82, 2.24) is 4.72 Å². The molecule has 19 heavy (non-hydrogen) atoms. The van der Waals surface area contributed by atoms with Crippen molar-refractivity contribution < 1.29 is 17.9 Å². The van der Waals surface area contributed by atoms with Gasteiger partial charge in [-0.2, -0.15) is 4.72 Å². The van der Waals surface area contributed by atoms with Crippen LogP contribution in [0.1, 0.15) is 20.8 Å². The predicted octanol–water partition coefficient (Wildman–Crippen LogP) is 0.889. The number of para-hydroxylation sites is 1. The number of nitrogens with one attached hydrogen (secondary N) is 1. The summed E-state index contributed by atoms with van der Waals surface area (Å²) in [4.78, 5) is 11.4. The van der Waals surface area contributed by atoms with E-state index in [-0.39, 0.29) is 10.6 Å². The largest absolute Gasteiger partial charge is 0.459 e. The Morgan fingerprint density at radius 1 is 1.32 bits per heavy atom. The van der Waals surface area contributed by atoms with Gasteiger partial charge in [-0.05, 0) is 32.9 Å². The number of benzene rings is 1. The molecule has 0 aliphatic rings. The summed E-state index contributed by atoms with van der Waals surface area (Å²) < 4.78 is 31.0. The van der Waals surface area contributed by atoms with Gasteiger partial charge in [0.15, 0.2) is 0 Å². The monoisotopic (exact) mass is 286 g/mol. The SMILES string of the molecule is CC(C)(C)OC(=O)CNS(=O)(=O)c1ccccc1N. The van der Waals surface area contributed by atoms with Crippen LogP contribution in [0.15, 0.2) is 29.2 Å². The van der Waals surface area contributed by atoms with Crippen LogP contribution in [-0.2, 0) is 19.6 Å². The van der Waals surface area contributed by atoms with Gasteiger partial charge in [0.1, 0.15) is 17.0 Å². The number of hydrogen-bond acceptors (Lipinski definition) is 5. The minimum atomic E-state index is -3.82. The highest BCUT2D eigenvalue weighted by Crippen LogP contribution is 2.16. The first-order valence-electron chi connectivity index (χ1n) is 5.68. The zero-order chi connectivity index (χ0) is 14.7. The Hall–Kier alpha value is -1.60. The van der Waals surface area contributed by atoms with E-state index in [1.807, 2.05) is 0 Å². The van der Waals surface area contributed by atoms with Crippen LogP contribution in [0, 0.1) is 0 Å². The molecule has 0 aromatic heterocycles. The molecule has 0 spiro atoms. The average Bonchev–Trinajstić information content (AvgIpc) is 2.24. The minimum absolute atomic E-state index is 0.0569. The second-order valence-electron chi connectivity index (χ2n) is 4.95. The Bertz CT molecular complexity index is 561. The summed E-state index contributed by atoms with van der Waals surface area (Å²) in [6.07, 6.45) is 0. The van der Waals surface area contributed by atoms with Gasteiger partial charge in [-0.3, -0.25) is 4.79 Å². The van der Waals surface area contributed by atoms with E-state index in [9.17, 15) is 13.2 Å². The standard InChI is InChI=1S/C12H18N2O4S/c1-12(2,3)18-11(15)8-14-19(16,17)10-7-5-4-6-9(10)13/h4-7,14H,8,13H2,1-3H3. The maximum Gasteiger partial charge on any atom is 0.321 e. The molecule has 1 rings (SSSR count). The van der Waals surface area contributed by atoms with Gasteiger partial charge in [-0.15, -0.1) is 0 Å². The molecule has 1 aromatic rings. The summed E-state index contributed by atoms with van der Waals surface area (Å²) in [5, 5.41) is 0. The van der Waals surface area contributed by atoms with Gasteiger partial charge < -0.3 is 10.5 Å². The molecule has 0 amide bonds. The lowest BCUT2D eigenvalue weighted by Crippen LogP contribution is -2.34. The highest BCUT2D eigenvalue weighted by Gasteiger charge is 2.21. The predicted molar refractivity (Wildman–Crippen MR) is 71.9 cm³/mol. The summed E-state index contributed by atoms with van der Waals surface area (Å²) in [6.45, 7) is 4.67. The van der Waals surface area contributed by atoms with Crippen molar-refractivity contribution in [2.24, 2.45) is 0 Å². The van der Waals surface area contributed by atoms with Gasteiger partial charge in [-0.1, -0.05) is 12.1 Å². The van der Waals surface area contributed by atoms with Crippen molar-refractivity contribution in [1.29, 1.82) is 0 Å². The van der Waals surface area contributed by atoms with Crippen molar-refractivity contribution in [3.05, 3.63) is 24.3 Å². The van der Waals surface area contributed by atoms with Gasteiger partial charge in [0.2, 0.25) is 10.0 Å². The number of carbonyl (C=O) groups excluding carboxylic acids is 1. The fraction of sp³-hybridized carbons (Fsp3) is 0.417. The van der Waals surface area contributed by atoms with Crippen molar-refractivity contribution >= 4 is 21.7 Å². The van der Waals surface area contributed by atoms with E-state index in [2.05, 4.69) is 4.72 Å². The third kappa shape index (κ3) is 4.88. The van der Waals surface area contributed by atoms with Gasteiger partial charge >= 0.3 is 5.97 Å². The number of ether oxygens (including phenoxy) is 1. The summed E-state index contributed by atoms with van der Waals surface area (Å²) in [7, 11) is -3.82. The molecule has 7 heteroatoms. The minimum Gasteiger partial charge on any atom is -0.459 e. The second kappa shape index (κ2) is 5.58. The van der Waals surface area contributed by atoms with Crippen LogP contribution in [0.4, 0.5) is 5.69 Å². The van der Waals surface area contributed by atoms with Gasteiger partial charge in [0, 0.05) is 0 Å². The summed E-state index contributed by atoms with van der Waals surface area (Å²) in [5.74, 6) is -0.648. The first-order chi connectivity index (χ1) is 8.62. The van der Waals surface area contributed by atoms with Crippen molar-refractivity contribution in [2.75, 3.05) is 12.3 Å². The summed E-state index contributed by atoms with van der Waals surface area (Å²) in [5.41, 5.74) is 5.05. The Labute approximate surface area is 113 Å². The third-order valence-electron chi connectivity index (χ3n) is 2.04. The fourth-order valence-corrected chi connectivity index (χ4v) is 2.43. The van der Waals surface area contributed by atoms with Crippen LogP contribution in [0.25, 0.3) is 0 Å². The zero-order valence-electron chi connectivity index (χ0n) is 11.1. The molecule has 0 saturated heterocycles. The smallest absolute Gasteiger partial charge is 0.321 e. The van der Waals surface area contributed by atoms with Crippen molar-refractivity contribution in [3.63, 3.8) is 0 Å². The molecule has 0 heterocycles. The number of sulfonamides is 1. The highest BCUT2D eigenvalue weighted by molar-refractivity contribution is 7.89. The lowest BCUT2D eigenvalue weighted by molar-refractivity contribution is -0.153. The number of hydrogen-bond donors (Lipinski definition) is 2. The molecule has 6 nitrogen and oxygen atoms in total. The van der Waals surface area contributed by atoms with Gasteiger partial charge in [0.05, 0.1) is 5.69 Å². The number of nitrogen functional groups attached to an aromatic ring is 1. The molecule has 0 aliphatic heterocycles. The van der Waals surface area contributed by atoms with E-state index < -0.39 is 28.1 Å². The van der Waals surface area contributed by atoms with Crippen LogP contribution in [-0.4, -0.2) is 26.5 Å². The van der Waals surface area contributed by atoms with Gasteiger partial charge in [0.25, 0.3) is 0 Å². The number of carbonyl (C=O) groups is 1. The topological polar surface area (TPSA) is 98.5 Å². The summed E-state index contributed by atoms with van der Waals surface area (Å²) >= 11 is 0. The molecule has 0 saturated carbocycles. The number of esters is 1. The average molecular weight is 286 g/mol. The molecule has 0 radical (unpaired) electrons. The molecule has 0 unspecified atom stereocenters. The molecular formula is C12H18N2O4S. The third-order valence-corrected chi connectivity index (χ3v) is 3.51. The van der Waals surface area contributed by atoms with Crippen LogP contribution in [0.3, 0.4) is 0 Å². The van der Waals surface area contributed by atoms with E-state index in [1.54, 1.807) is 32.9 Å². The van der Waals surface area contributed by atoms with Crippen molar-refractivity contribution in [3.8, 4) is 0 Å². The quantitative estimate of drug-likeness (QED) is 0.632. The van der Waals surface area contributed by atoms with Gasteiger partial charge in [-0.25, -0.2) is 8.42 Å². The normalized spacial score (nSPS) is 12.2. The molecule has 1 aromatic carbocycles. The maximum absolute atomic E-state index is 11.9. The van der Waals surface area contributed by atoms with Crippen LogP contribution in [0.5, 0.6) is 0 Å². The van der Waals surface area contributed by atoms with Crippen molar-refractivity contribution in [2.45, 2.75) is 31.3 Å². The van der Waals surface area contributed by atoms with Crippen LogP contribution < -0.4 is 10.5 Å². The zero-order valence-corrected chi connectivity index (χ0v) is 12.0. The number of rotatable bonds is 4. The Morgan fingerprint density at radius 2 is 1.89 bits per heavy atom.